The minimum Gasteiger partial charge on any atom is -0.302 e. The first kappa shape index (κ1) is 13.2. The van der Waals surface area contributed by atoms with E-state index in [4.69, 9.17) is 0 Å². The fraction of sp³-hybridized carbons (Fsp3) is 0.533. The molecule has 1 N–H and O–H groups in total. The molecule has 1 saturated heterocycles. The predicted molar refractivity (Wildman–Crippen MR) is 77.5 cm³/mol. The van der Waals surface area contributed by atoms with E-state index in [0.717, 1.165) is 31.0 Å². The number of nitrogens with one attached hydrogen (secondary N) is 1. The molecule has 20 heavy (non-hydrogen) atoms. The molecule has 0 amide bonds. The Labute approximate surface area is 119 Å². The second kappa shape index (κ2) is 6.13. The molecule has 1 fully saturated rings. The maximum Gasteiger partial charge on any atom is 0.137 e. The van der Waals surface area contributed by atoms with Gasteiger partial charge in [-0.15, -0.1) is 0 Å². The normalized spacial score (nSPS) is 20.1. The largest absolute Gasteiger partial charge is 0.302 e. The second-order valence-electron chi connectivity index (χ2n) is 5.53. The summed E-state index contributed by atoms with van der Waals surface area (Å²) in [5.74, 6) is 1.53. The number of likely N-dealkylation sites (tertiary alicyclic amines) is 1. The van der Waals surface area contributed by atoms with Crippen molar-refractivity contribution in [1.29, 1.82) is 0 Å². The molecular weight excluding hydrogens is 250 g/mol. The fourth-order valence-corrected chi connectivity index (χ4v) is 2.90. The first-order valence-electron chi connectivity index (χ1n) is 7.31. The van der Waals surface area contributed by atoms with Gasteiger partial charge in [-0.1, -0.05) is 6.07 Å². The van der Waals surface area contributed by atoms with Gasteiger partial charge in [0, 0.05) is 36.8 Å². The smallest absolute Gasteiger partial charge is 0.137 e. The van der Waals surface area contributed by atoms with Crippen molar-refractivity contribution >= 4 is 0 Å². The lowest BCUT2D eigenvalue weighted by molar-refractivity contribution is 0.206. The summed E-state index contributed by atoms with van der Waals surface area (Å²) in [6, 6.07) is 6.25. The topological polar surface area (TPSA) is 57.7 Å². The van der Waals surface area contributed by atoms with Gasteiger partial charge in [-0.2, -0.15) is 5.10 Å². The van der Waals surface area contributed by atoms with Gasteiger partial charge in [-0.3, -0.25) is 10.1 Å². The lowest BCUT2D eigenvalue weighted by Crippen LogP contribution is -2.36. The Morgan fingerprint density at radius 1 is 1.40 bits per heavy atom. The average Bonchev–Trinajstić information content (AvgIpc) is 3.00. The summed E-state index contributed by atoms with van der Waals surface area (Å²) in [6.45, 7) is 5.36. The van der Waals surface area contributed by atoms with Crippen molar-refractivity contribution in [1.82, 2.24) is 25.1 Å². The van der Waals surface area contributed by atoms with E-state index in [1.54, 1.807) is 6.33 Å². The molecule has 0 saturated carbocycles. The molecule has 1 atom stereocenters. The Bertz CT molecular complexity index is 537. The summed E-state index contributed by atoms with van der Waals surface area (Å²) in [4.78, 5) is 11.4. The number of aromatic amines is 1. The summed E-state index contributed by atoms with van der Waals surface area (Å²) < 4.78 is 0. The minimum atomic E-state index is 0.497. The maximum absolute atomic E-state index is 4.57. The molecule has 1 aliphatic heterocycles. The molecule has 3 heterocycles. The molecule has 0 spiro atoms. The van der Waals surface area contributed by atoms with Crippen LogP contribution in [-0.4, -0.2) is 44.7 Å². The summed E-state index contributed by atoms with van der Waals surface area (Å²) in [6.07, 6.45) is 5.05. The van der Waals surface area contributed by atoms with E-state index in [-0.39, 0.29) is 0 Å². The monoisotopic (exact) mass is 271 g/mol. The van der Waals surface area contributed by atoms with Crippen molar-refractivity contribution < 1.29 is 0 Å². The third-order valence-electron chi connectivity index (χ3n) is 3.96. The highest BCUT2D eigenvalue weighted by Gasteiger charge is 2.22. The van der Waals surface area contributed by atoms with Crippen molar-refractivity contribution in [3.8, 4) is 0 Å². The van der Waals surface area contributed by atoms with Gasteiger partial charge in [0.1, 0.15) is 12.2 Å². The van der Waals surface area contributed by atoms with Crippen LogP contribution in [0.25, 0.3) is 0 Å². The van der Waals surface area contributed by atoms with E-state index in [1.807, 2.05) is 13.0 Å². The van der Waals surface area contributed by atoms with E-state index >= 15 is 0 Å². The van der Waals surface area contributed by atoms with Crippen LogP contribution < -0.4 is 0 Å². The van der Waals surface area contributed by atoms with E-state index in [9.17, 15) is 0 Å². The van der Waals surface area contributed by atoms with Crippen LogP contribution in [0, 0.1) is 6.92 Å². The number of rotatable bonds is 4. The molecule has 3 rings (SSSR count). The number of aryl methyl sites for hydroxylation is 1. The third kappa shape index (κ3) is 3.22. The summed E-state index contributed by atoms with van der Waals surface area (Å²) >= 11 is 0. The number of aromatic nitrogens is 4. The zero-order chi connectivity index (χ0) is 13.8. The van der Waals surface area contributed by atoms with Gasteiger partial charge in [0.15, 0.2) is 0 Å². The zero-order valence-electron chi connectivity index (χ0n) is 11.9. The Morgan fingerprint density at radius 2 is 2.35 bits per heavy atom. The quantitative estimate of drug-likeness (QED) is 0.923. The van der Waals surface area contributed by atoms with Crippen LogP contribution in [0.5, 0.6) is 0 Å². The summed E-state index contributed by atoms with van der Waals surface area (Å²) in [5.41, 5.74) is 2.28. The molecule has 0 aliphatic carbocycles. The number of H-pyrrole nitrogens is 1. The molecule has 2 aromatic rings. The Hall–Kier alpha value is -1.75. The van der Waals surface area contributed by atoms with Gasteiger partial charge in [0.2, 0.25) is 0 Å². The number of hydrogen-bond acceptors (Lipinski definition) is 4. The lowest BCUT2D eigenvalue weighted by Gasteiger charge is -2.31. The molecule has 2 aromatic heterocycles. The van der Waals surface area contributed by atoms with Crippen molar-refractivity contribution in [2.75, 3.05) is 19.6 Å². The molecule has 106 valence electrons. The predicted octanol–water partition coefficient (Wildman–Crippen LogP) is 1.93. The van der Waals surface area contributed by atoms with Crippen LogP contribution in [-0.2, 0) is 6.42 Å². The van der Waals surface area contributed by atoms with Crippen LogP contribution >= 0.6 is 0 Å². The molecule has 5 nitrogen and oxygen atoms in total. The number of hydrogen-bond donors (Lipinski definition) is 1. The molecule has 5 heteroatoms. The van der Waals surface area contributed by atoms with E-state index in [1.165, 1.54) is 25.1 Å². The van der Waals surface area contributed by atoms with E-state index in [2.05, 4.69) is 37.2 Å². The highest BCUT2D eigenvalue weighted by atomic mass is 15.2. The standard InChI is InChI=1S/C15H21N5/c1-12-4-2-6-14(18-12)7-9-20-8-3-5-13(10-20)15-16-11-17-19-15/h2,4,6,11,13H,3,5,7-10H2,1H3,(H,16,17,19)/t13-/m0/s1. The highest BCUT2D eigenvalue weighted by Crippen LogP contribution is 2.23. The number of piperidine rings is 1. The van der Waals surface area contributed by atoms with Crippen LogP contribution in [0.4, 0.5) is 0 Å². The van der Waals surface area contributed by atoms with Crippen molar-refractivity contribution in [2.45, 2.75) is 32.1 Å². The van der Waals surface area contributed by atoms with Crippen molar-refractivity contribution in [3.05, 3.63) is 41.7 Å². The first-order valence-corrected chi connectivity index (χ1v) is 7.31. The highest BCUT2D eigenvalue weighted by molar-refractivity contribution is 5.10. The second-order valence-corrected chi connectivity index (χ2v) is 5.53. The van der Waals surface area contributed by atoms with Crippen molar-refractivity contribution in [2.24, 2.45) is 0 Å². The molecule has 0 aromatic carbocycles. The van der Waals surface area contributed by atoms with Crippen LogP contribution in [0.15, 0.2) is 24.5 Å². The molecule has 1 aliphatic rings. The maximum atomic E-state index is 4.57. The molecule has 0 radical (unpaired) electrons. The van der Waals surface area contributed by atoms with Gasteiger partial charge < -0.3 is 4.90 Å². The van der Waals surface area contributed by atoms with E-state index < -0.39 is 0 Å². The number of nitrogens with zero attached hydrogens (tertiary/aromatic N) is 4. The first-order chi connectivity index (χ1) is 9.81. The molecular formula is C15H21N5. The summed E-state index contributed by atoms with van der Waals surface area (Å²) in [5, 5.41) is 6.97. The van der Waals surface area contributed by atoms with Crippen molar-refractivity contribution in [3.63, 3.8) is 0 Å². The number of pyridine rings is 1. The Kier molecular flexibility index (Phi) is 4.06. The zero-order valence-corrected chi connectivity index (χ0v) is 11.9. The third-order valence-corrected chi connectivity index (χ3v) is 3.96. The van der Waals surface area contributed by atoms with Gasteiger partial charge >= 0.3 is 0 Å². The van der Waals surface area contributed by atoms with Gasteiger partial charge in [0.05, 0.1) is 0 Å². The average molecular weight is 271 g/mol. The molecule has 0 bridgehead atoms. The van der Waals surface area contributed by atoms with Gasteiger partial charge in [-0.25, -0.2) is 4.98 Å². The summed E-state index contributed by atoms with van der Waals surface area (Å²) in [7, 11) is 0. The van der Waals surface area contributed by atoms with Gasteiger partial charge in [0.25, 0.3) is 0 Å². The Balaban J connectivity index is 1.55. The molecule has 0 unspecified atom stereocenters. The Morgan fingerprint density at radius 3 is 3.15 bits per heavy atom. The van der Waals surface area contributed by atoms with Crippen LogP contribution in [0.3, 0.4) is 0 Å². The van der Waals surface area contributed by atoms with Gasteiger partial charge in [-0.05, 0) is 38.4 Å². The fourth-order valence-electron chi connectivity index (χ4n) is 2.90. The van der Waals surface area contributed by atoms with Crippen LogP contribution in [0.2, 0.25) is 0 Å². The minimum absolute atomic E-state index is 0.497. The lowest BCUT2D eigenvalue weighted by atomic mass is 9.97. The SMILES string of the molecule is Cc1cccc(CCN2CCC[C@H](c3ncn[nH]3)C2)n1. The van der Waals surface area contributed by atoms with Crippen LogP contribution in [0.1, 0.15) is 36.0 Å². The van der Waals surface area contributed by atoms with E-state index in [0.29, 0.717) is 5.92 Å².